The highest BCUT2D eigenvalue weighted by Crippen LogP contribution is 2.38. The third-order valence-corrected chi connectivity index (χ3v) is 5.57. The van der Waals surface area contributed by atoms with Gasteiger partial charge in [0.05, 0.1) is 12.1 Å². The molecule has 0 unspecified atom stereocenters. The van der Waals surface area contributed by atoms with Crippen molar-refractivity contribution in [2.75, 3.05) is 0 Å². The Morgan fingerprint density at radius 1 is 0.897 bits per heavy atom. The molecule has 2 aromatic heterocycles. The maximum atomic E-state index is 13.0. The first-order valence-corrected chi connectivity index (χ1v) is 9.48. The summed E-state index contributed by atoms with van der Waals surface area (Å²) in [4.78, 5) is 5.58. The van der Waals surface area contributed by atoms with Crippen molar-refractivity contribution in [2.24, 2.45) is 4.99 Å². The quantitative estimate of drug-likeness (QED) is 0.404. The van der Waals surface area contributed by atoms with Gasteiger partial charge in [0.1, 0.15) is 11.4 Å². The smallest absolute Gasteiger partial charge is 0.294 e. The number of hydrogen-bond acceptors (Lipinski definition) is 4. The van der Waals surface area contributed by atoms with Gasteiger partial charge in [0.25, 0.3) is 0 Å². The van der Waals surface area contributed by atoms with Gasteiger partial charge in [-0.1, -0.05) is 30.3 Å². The molecule has 0 aliphatic rings. The highest BCUT2D eigenvalue weighted by atomic mass is 32.1. The molecule has 4 aromatic rings. The summed E-state index contributed by atoms with van der Waals surface area (Å²) in [6.45, 7) is 3.84. The molecular formula is C21H15F3N4S. The summed E-state index contributed by atoms with van der Waals surface area (Å²) in [6.07, 6.45) is -4.36. The minimum atomic E-state index is -4.36. The summed E-state index contributed by atoms with van der Waals surface area (Å²) < 4.78 is 39.0. The second kappa shape index (κ2) is 7.63. The Bertz CT molecular complexity index is 1160. The minimum Gasteiger partial charge on any atom is -0.294 e. The highest BCUT2D eigenvalue weighted by Gasteiger charge is 2.30. The molecule has 0 spiro atoms. The van der Waals surface area contributed by atoms with Gasteiger partial charge in [-0.2, -0.15) is 28.6 Å². The van der Waals surface area contributed by atoms with Crippen molar-refractivity contribution in [1.82, 2.24) is 15.4 Å². The summed E-state index contributed by atoms with van der Waals surface area (Å²) in [5.41, 5.74) is 3.13. The molecule has 4 nitrogen and oxygen atoms in total. The monoisotopic (exact) mass is 412 g/mol. The Labute approximate surface area is 168 Å². The third-order valence-electron chi connectivity index (χ3n) is 4.38. The number of aromatic amines is 1. The van der Waals surface area contributed by atoms with Crippen LogP contribution in [-0.2, 0) is 12.7 Å². The maximum Gasteiger partial charge on any atom is 0.416 e. The minimum absolute atomic E-state index is 0.356. The fraction of sp³-hybridized carbons (Fsp3) is 0.0952. The first kappa shape index (κ1) is 19.1. The van der Waals surface area contributed by atoms with E-state index in [-0.39, 0.29) is 0 Å². The molecule has 4 rings (SSSR count). The summed E-state index contributed by atoms with van der Waals surface area (Å²) >= 11 is 1.44. The van der Waals surface area contributed by atoms with Crippen LogP contribution in [0.25, 0.3) is 32.1 Å². The van der Waals surface area contributed by atoms with E-state index in [0.29, 0.717) is 23.5 Å². The summed E-state index contributed by atoms with van der Waals surface area (Å²) in [6, 6.07) is 16.9. The van der Waals surface area contributed by atoms with E-state index < -0.39 is 11.7 Å². The van der Waals surface area contributed by atoms with Crippen molar-refractivity contribution < 1.29 is 13.2 Å². The van der Waals surface area contributed by atoms with Crippen molar-refractivity contribution >= 4 is 18.1 Å². The molecule has 0 bridgehead atoms. The number of H-pyrrole nitrogens is 1. The van der Waals surface area contributed by atoms with E-state index in [9.17, 15) is 13.2 Å². The zero-order valence-corrected chi connectivity index (χ0v) is 15.9. The predicted octanol–water partition coefficient (Wildman–Crippen LogP) is 6.09. The molecule has 2 heterocycles. The Balaban J connectivity index is 1.67. The van der Waals surface area contributed by atoms with E-state index in [2.05, 4.69) is 27.1 Å². The van der Waals surface area contributed by atoms with E-state index in [4.69, 9.17) is 0 Å². The zero-order chi connectivity index (χ0) is 20.4. The molecule has 29 heavy (non-hydrogen) atoms. The summed E-state index contributed by atoms with van der Waals surface area (Å²) in [5, 5.41) is 10.9. The van der Waals surface area contributed by atoms with Gasteiger partial charge < -0.3 is 0 Å². The zero-order valence-electron chi connectivity index (χ0n) is 15.1. The standard InChI is InChI=1S/C21H15F3N4S/c1-25-12-17-20(27-28-26-17)15-6-2-4-13(10-15)18-8-9-19(29-18)14-5-3-7-16(11-14)21(22,23)24/h2-11H,1,12H2,(H,26,27,28). The average Bonchev–Trinajstić information content (AvgIpc) is 3.38. The van der Waals surface area contributed by atoms with Gasteiger partial charge in [0.2, 0.25) is 0 Å². The Morgan fingerprint density at radius 2 is 1.55 bits per heavy atom. The van der Waals surface area contributed by atoms with E-state index in [1.807, 2.05) is 36.4 Å². The van der Waals surface area contributed by atoms with Crippen LogP contribution in [0.2, 0.25) is 0 Å². The van der Waals surface area contributed by atoms with Crippen molar-refractivity contribution in [3.8, 4) is 32.1 Å². The molecular weight excluding hydrogens is 397 g/mol. The molecule has 0 aliphatic carbocycles. The second-order valence-corrected chi connectivity index (χ2v) is 7.41. The van der Waals surface area contributed by atoms with Crippen LogP contribution in [-0.4, -0.2) is 22.1 Å². The second-order valence-electron chi connectivity index (χ2n) is 6.32. The fourth-order valence-corrected chi connectivity index (χ4v) is 4.02. The van der Waals surface area contributed by atoms with Crippen LogP contribution in [0.4, 0.5) is 13.2 Å². The Morgan fingerprint density at radius 3 is 2.24 bits per heavy atom. The largest absolute Gasteiger partial charge is 0.416 e. The number of rotatable bonds is 5. The molecule has 0 saturated heterocycles. The van der Waals surface area contributed by atoms with Crippen LogP contribution < -0.4 is 0 Å². The van der Waals surface area contributed by atoms with Crippen molar-refractivity contribution in [3.63, 3.8) is 0 Å². The summed E-state index contributed by atoms with van der Waals surface area (Å²) in [7, 11) is 0. The topological polar surface area (TPSA) is 53.9 Å². The lowest BCUT2D eigenvalue weighted by atomic mass is 10.1. The number of hydrogen-bond donors (Lipinski definition) is 1. The molecule has 0 saturated carbocycles. The van der Waals surface area contributed by atoms with Gasteiger partial charge in [0.15, 0.2) is 0 Å². The molecule has 2 aromatic carbocycles. The van der Waals surface area contributed by atoms with Gasteiger partial charge in [-0.25, -0.2) is 0 Å². The molecule has 0 aliphatic heterocycles. The predicted molar refractivity (Wildman–Crippen MR) is 109 cm³/mol. The van der Waals surface area contributed by atoms with Crippen LogP contribution in [0.5, 0.6) is 0 Å². The Kier molecular flexibility index (Phi) is 5.02. The lowest BCUT2D eigenvalue weighted by Gasteiger charge is -2.07. The van der Waals surface area contributed by atoms with Gasteiger partial charge >= 0.3 is 6.18 Å². The first-order valence-electron chi connectivity index (χ1n) is 8.66. The number of alkyl halides is 3. The van der Waals surface area contributed by atoms with Crippen LogP contribution >= 0.6 is 11.3 Å². The third kappa shape index (κ3) is 3.97. The molecule has 0 atom stereocenters. The van der Waals surface area contributed by atoms with E-state index in [0.717, 1.165) is 26.9 Å². The number of halogens is 3. The van der Waals surface area contributed by atoms with Crippen LogP contribution in [0, 0.1) is 0 Å². The first-order chi connectivity index (χ1) is 14.0. The molecule has 1 N–H and O–H groups in total. The van der Waals surface area contributed by atoms with Crippen molar-refractivity contribution in [3.05, 3.63) is 71.9 Å². The van der Waals surface area contributed by atoms with Gasteiger partial charge in [-0.15, -0.1) is 11.3 Å². The molecule has 146 valence electrons. The molecule has 0 fully saturated rings. The van der Waals surface area contributed by atoms with E-state index >= 15 is 0 Å². The van der Waals surface area contributed by atoms with Gasteiger partial charge in [0, 0.05) is 15.3 Å². The van der Waals surface area contributed by atoms with Crippen molar-refractivity contribution in [1.29, 1.82) is 0 Å². The van der Waals surface area contributed by atoms with Gasteiger partial charge in [-0.05, 0) is 48.2 Å². The number of benzene rings is 2. The van der Waals surface area contributed by atoms with Crippen LogP contribution in [0.1, 0.15) is 11.3 Å². The number of thiophene rings is 1. The number of aromatic nitrogens is 3. The average molecular weight is 412 g/mol. The Hall–Kier alpha value is -3.26. The number of aliphatic imine (C=N–C) groups is 1. The van der Waals surface area contributed by atoms with Crippen LogP contribution in [0.15, 0.2) is 65.7 Å². The number of nitrogens with zero attached hydrogens (tertiary/aromatic N) is 3. The summed E-state index contributed by atoms with van der Waals surface area (Å²) in [5.74, 6) is 0. The normalized spacial score (nSPS) is 11.6. The lowest BCUT2D eigenvalue weighted by molar-refractivity contribution is -0.137. The SMILES string of the molecule is C=NCc1n[nH]nc1-c1cccc(-c2ccc(-c3cccc(C(F)(F)F)c3)s2)c1. The molecule has 0 amide bonds. The molecule has 0 radical (unpaired) electrons. The van der Waals surface area contributed by atoms with E-state index in [1.54, 1.807) is 6.07 Å². The van der Waals surface area contributed by atoms with Crippen LogP contribution in [0.3, 0.4) is 0 Å². The van der Waals surface area contributed by atoms with E-state index in [1.165, 1.54) is 23.5 Å². The fourth-order valence-electron chi connectivity index (χ4n) is 3.02. The van der Waals surface area contributed by atoms with Gasteiger partial charge in [-0.3, -0.25) is 4.99 Å². The highest BCUT2D eigenvalue weighted by molar-refractivity contribution is 7.18. The molecule has 8 heteroatoms. The number of nitrogens with one attached hydrogen (secondary N) is 1. The van der Waals surface area contributed by atoms with Crippen molar-refractivity contribution in [2.45, 2.75) is 12.7 Å². The maximum absolute atomic E-state index is 13.0. The lowest BCUT2D eigenvalue weighted by Crippen LogP contribution is -2.04.